The highest BCUT2D eigenvalue weighted by atomic mass is 16.5. The average Bonchev–Trinajstić information content (AvgIpc) is 2.74. The number of nitrogens with one attached hydrogen (secondary N) is 1. The minimum atomic E-state index is 0.629. The first-order valence-electron chi connectivity index (χ1n) is 9.58. The lowest BCUT2D eigenvalue weighted by Crippen LogP contribution is -2.45. The summed E-state index contributed by atoms with van der Waals surface area (Å²) in [5.74, 6) is 2.12. The Morgan fingerprint density at radius 3 is 2.15 bits per heavy atom. The van der Waals surface area contributed by atoms with Crippen LogP contribution >= 0.6 is 0 Å². The summed E-state index contributed by atoms with van der Waals surface area (Å²) in [5, 5.41) is 3.37. The minimum Gasteiger partial charge on any atom is -0.378 e. The first kappa shape index (κ1) is 17.9. The van der Waals surface area contributed by atoms with E-state index in [1.807, 2.05) is 18.2 Å². The number of anilines is 3. The number of piperazine rings is 1. The maximum absolute atomic E-state index is 5.47. The van der Waals surface area contributed by atoms with Gasteiger partial charge in [-0.2, -0.15) is 15.0 Å². The molecule has 27 heavy (non-hydrogen) atoms. The van der Waals surface area contributed by atoms with E-state index in [-0.39, 0.29) is 0 Å². The van der Waals surface area contributed by atoms with E-state index < -0.39 is 0 Å². The summed E-state index contributed by atoms with van der Waals surface area (Å²) in [6, 6.07) is 10.3. The third kappa shape index (κ3) is 4.64. The number of morpholine rings is 1. The van der Waals surface area contributed by atoms with E-state index in [4.69, 9.17) is 14.7 Å². The summed E-state index contributed by atoms with van der Waals surface area (Å²) in [7, 11) is 2.15. The highest BCUT2D eigenvalue weighted by Crippen LogP contribution is 2.19. The van der Waals surface area contributed by atoms with E-state index in [9.17, 15) is 0 Å². The Morgan fingerprint density at radius 1 is 0.852 bits per heavy atom. The maximum atomic E-state index is 5.47. The number of ether oxygens (including phenoxy) is 1. The minimum absolute atomic E-state index is 0.629. The fraction of sp³-hybridized carbons (Fsp3) is 0.526. The topological polar surface area (TPSA) is 69.7 Å². The van der Waals surface area contributed by atoms with Gasteiger partial charge in [-0.25, -0.2) is 0 Å². The maximum Gasteiger partial charge on any atom is 0.232 e. The molecular formula is C19H27N7O. The molecule has 0 unspecified atom stereocenters. The zero-order valence-electron chi connectivity index (χ0n) is 15.8. The van der Waals surface area contributed by atoms with Crippen LogP contribution in [0.15, 0.2) is 30.3 Å². The highest BCUT2D eigenvalue weighted by molar-refractivity contribution is 5.46. The molecule has 0 radical (unpaired) electrons. The largest absolute Gasteiger partial charge is 0.378 e. The summed E-state index contributed by atoms with van der Waals surface area (Å²) >= 11 is 0. The smallest absolute Gasteiger partial charge is 0.232 e. The van der Waals surface area contributed by atoms with Crippen molar-refractivity contribution in [1.82, 2.24) is 19.9 Å². The van der Waals surface area contributed by atoms with Crippen LogP contribution in [0, 0.1) is 0 Å². The van der Waals surface area contributed by atoms with E-state index >= 15 is 0 Å². The number of aromatic nitrogens is 3. The van der Waals surface area contributed by atoms with E-state index in [2.05, 4.69) is 44.2 Å². The van der Waals surface area contributed by atoms with Crippen molar-refractivity contribution >= 4 is 17.8 Å². The zero-order chi connectivity index (χ0) is 18.5. The predicted molar refractivity (Wildman–Crippen MR) is 106 cm³/mol. The van der Waals surface area contributed by atoms with Gasteiger partial charge in [-0.1, -0.05) is 30.3 Å². The highest BCUT2D eigenvalue weighted by Gasteiger charge is 2.21. The summed E-state index contributed by atoms with van der Waals surface area (Å²) in [6.07, 6.45) is 0. The molecule has 8 heteroatoms. The van der Waals surface area contributed by atoms with Gasteiger partial charge in [-0.3, -0.25) is 0 Å². The van der Waals surface area contributed by atoms with Gasteiger partial charge in [0, 0.05) is 45.8 Å². The third-order valence-corrected chi connectivity index (χ3v) is 4.99. The molecule has 4 rings (SSSR count). The van der Waals surface area contributed by atoms with Crippen LogP contribution in [0.3, 0.4) is 0 Å². The first-order chi connectivity index (χ1) is 13.3. The number of nitrogens with zero attached hydrogens (tertiary/aromatic N) is 6. The quantitative estimate of drug-likeness (QED) is 0.839. The van der Waals surface area contributed by atoms with Crippen LogP contribution in [0.5, 0.6) is 0 Å². The molecular weight excluding hydrogens is 342 g/mol. The molecule has 0 atom stereocenters. The average molecular weight is 369 g/mol. The van der Waals surface area contributed by atoms with Gasteiger partial charge in [-0.05, 0) is 12.6 Å². The molecule has 2 aliphatic heterocycles. The molecule has 144 valence electrons. The third-order valence-electron chi connectivity index (χ3n) is 4.99. The summed E-state index contributed by atoms with van der Waals surface area (Å²) in [4.78, 5) is 20.9. The molecule has 0 amide bonds. The summed E-state index contributed by atoms with van der Waals surface area (Å²) in [5.41, 5.74) is 1.20. The van der Waals surface area contributed by atoms with Crippen molar-refractivity contribution in [2.45, 2.75) is 6.54 Å². The molecule has 0 spiro atoms. The van der Waals surface area contributed by atoms with Crippen LogP contribution < -0.4 is 15.1 Å². The van der Waals surface area contributed by atoms with E-state index in [0.29, 0.717) is 25.7 Å². The predicted octanol–water partition coefficient (Wildman–Crippen LogP) is 1.07. The number of rotatable bonds is 5. The van der Waals surface area contributed by atoms with Crippen LogP contribution in [0.4, 0.5) is 17.8 Å². The SMILES string of the molecule is CN1CCN(c2nc(NCc3ccccc3)nc(N3CCOCC3)n2)CC1. The first-order valence-corrected chi connectivity index (χ1v) is 9.58. The van der Waals surface area contributed by atoms with Crippen LogP contribution in [-0.2, 0) is 11.3 Å². The standard InChI is InChI=1S/C19H27N7O/c1-24-7-9-25(10-8-24)18-21-17(20-15-16-5-3-2-4-6-16)22-19(23-18)26-11-13-27-14-12-26/h2-6H,7-15H2,1H3,(H,20,21,22,23). The van der Waals surface area contributed by atoms with Crippen molar-refractivity contribution in [2.24, 2.45) is 0 Å². The van der Waals surface area contributed by atoms with Crippen molar-refractivity contribution in [3.8, 4) is 0 Å². The van der Waals surface area contributed by atoms with Crippen molar-refractivity contribution in [3.05, 3.63) is 35.9 Å². The molecule has 1 aromatic heterocycles. The summed E-state index contributed by atoms with van der Waals surface area (Å²) < 4.78 is 5.47. The van der Waals surface area contributed by atoms with Crippen molar-refractivity contribution in [1.29, 1.82) is 0 Å². The van der Waals surface area contributed by atoms with Gasteiger partial charge in [0.1, 0.15) is 0 Å². The normalized spacial score (nSPS) is 18.6. The molecule has 1 N–H and O–H groups in total. The Balaban J connectivity index is 1.55. The molecule has 2 aromatic rings. The Kier molecular flexibility index (Phi) is 5.64. The molecule has 3 heterocycles. The number of likely N-dealkylation sites (N-methyl/N-ethyl adjacent to an activating group) is 1. The fourth-order valence-corrected chi connectivity index (χ4v) is 3.26. The fourth-order valence-electron chi connectivity index (χ4n) is 3.26. The number of hydrogen-bond acceptors (Lipinski definition) is 8. The van der Waals surface area contributed by atoms with Gasteiger partial charge in [0.25, 0.3) is 0 Å². The second-order valence-corrected chi connectivity index (χ2v) is 6.99. The molecule has 2 aliphatic rings. The second-order valence-electron chi connectivity index (χ2n) is 6.99. The van der Waals surface area contributed by atoms with Gasteiger partial charge >= 0.3 is 0 Å². The molecule has 2 saturated heterocycles. The number of hydrogen-bond donors (Lipinski definition) is 1. The van der Waals surface area contributed by atoms with Gasteiger partial charge < -0.3 is 24.8 Å². The van der Waals surface area contributed by atoms with Crippen molar-refractivity contribution < 1.29 is 4.74 Å². The van der Waals surface area contributed by atoms with Crippen molar-refractivity contribution in [2.75, 3.05) is 74.6 Å². The van der Waals surface area contributed by atoms with Gasteiger partial charge in [0.2, 0.25) is 17.8 Å². The lowest BCUT2D eigenvalue weighted by molar-refractivity contribution is 0.122. The Bertz CT molecular complexity index is 728. The monoisotopic (exact) mass is 369 g/mol. The Morgan fingerprint density at radius 2 is 1.48 bits per heavy atom. The van der Waals surface area contributed by atoms with E-state index in [1.165, 1.54) is 5.56 Å². The molecule has 0 aliphatic carbocycles. The van der Waals surface area contributed by atoms with Crippen molar-refractivity contribution in [3.63, 3.8) is 0 Å². The molecule has 0 bridgehead atoms. The summed E-state index contributed by atoms with van der Waals surface area (Å²) in [6.45, 7) is 7.63. The number of benzene rings is 1. The molecule has 2 fully saturated rings. The van der Waals surface area contributed by atoms with Gasteiger partial charge in [0.05, 0.1) is 13.2 Å². The molecule has 1 aromatic carbocycles. The Hall–Kier alpha value is -2.45. The van der Waals surface area contributed by atoms with Crippen LogP contribution in [0.25, 0.3) is 0 Å². The molecule has 8 nitrogen and oxygen atoms in total. The second kappa shape index (κ2) is 8.49. The van der Waals surface area contributed by atoms with Crippen LogP contribution in [0.1, 0.15) is 5.56 Å². The lowest BCUT2D eigenvalue weighted by Gasteiger charge is -2.33. The van der Waals surface area contributed by atoms with E-state index in [0.717, 1.165) is 51.2 Å². The van der Waals surface area contributed by atoms with E-state index in [1.54, 1.807) is 0 Å². The van der Waals surface area contributed by atoms with Gasteiger partial charge in [0.15, 0.2) is 0 Å². The van der Waals surface area contributed by atoms with Gasteiger partial charge in [-0.15, -0.1) is 0 Å². The van der Waals surface area contributed by atoms with Crippen LogP contribution in [0.2, 0.25) is 0 Å². The lowest BCUT2D eigenvalue weighted by atomic mass is 10.2. The Labute approximate surface area is 160 Å². The van der Waals surface area contributed by atoms with Crippen LogP contribution in [-0.4, -0.2) is 79.4 Å². The molecule has 0 saturated carbocycles. The zero-order valence-corrected chi connectivity index (χ0v) is 15.8.